The first kappa shape index (κ1) is 14.1. The van der Waals surface area contributed by atoms with Crippen LogP contribution in [-0.4, -0.2) is 31.4 Å². The second-order valence-electron chi connectivity index (χ2n) is 5.32. The van der Waals surface area contributed by atoms with Crippen molar-refractivity contribution in [1.29, 1.82) is 0 Å². The predicted octanol–water partition coefficient (Wildman–Crippen LogP) is 2.65. The highest BCUT2D eigenvalue weighted by Crippen LogP contribution is 2.21. The highest BCUT2D eigenvalue weighted by Gasteiger charge is 2.07. The fourth-order valence-corrected chi connectivity index (χ4v) is 2.66. The zero-order chi connectivity index (χ0) is 16.2. The molecule has 0 atom stereocenters. The lowest BCUT2D eigenvalue weighted by atomic mass is 10.2. The van der Waals surface area contributed by atoms with Crippen molar-refractivity contribution in [3.8, 4) is 0 Å². The Morgan fingerprint density at radius 2 is 1.92 bits per heavy atom. The third kappa shape index (κ3) is 2.87. The maximum Gasteiger partial charge on any atom is 0.283 e. The van der Waals surface area contributed by atoms with Crippen molar-refractivity contribution >= 4 is 23.1 Å². The number of hydrazone groups is 1. The van der Waals surface area contributed by atoms with Gasteiger partial charge in [0.05, 0.1) is 6.21 Å². The number of anilines is 1. The summed E-state index contributed by atoms with van der Waals surface area (Å²) in [5.41, 5.74) is 6.19. The number of aromatic nitrogens is 5. The van der Waals surface area contributed by atoms with Crippen molar-refractivity contribution < 1.29 is 0 Å². The second-order valence-corrected chi connectivity index (χ2v) is 5.32. The molecule has 0 saturated carbocycles. The van der Waals surface area contributed by atoms with Crippen molar-refractivity contribution in [3.05, 3.63) is 71.9 Å². The highest BCUT2D eigenvalue weighted by molar-refractivity contribution is 5.99. The lowest BCUT2D eigenvalue weighted by molar-refractivity contribution is 0.836. The van der Waals surface area contributed by atoms with Crippen molar-refractivity contribution in [2.75, 3.05) is 5.43 Å². The molecule has 0 fully saturated rings. The number of hydrogen-bond donors (Lipinski definition) is 2. The third-order valence-electron chi connectivity index (χ3n) is 3.73. The molecule has 0 saturated heterocycles. The van der Waals surface area contributed by atoms with Crippen LogP contribution >= 0.6 is 0 Å². The van der Waals surface area contributed by atoms with Gasteiger partial charge in [0.1, 0.15) is 0 Å². The van der Waals surface area contributed by atoms with Crippen LogP contribution in [0, 0.1) is 0 Å². The minimum Gasteiger partial charge on any atom is -0.342 e. The van der Waals surface area contributed by atoms with Crippen LogP contribution in [0.3, 0.4) is 0 Å². The SMILES string of the molecule is C(=N/Nc1nn[nH]n1)/c1cn(Cc2ccccc2)c2ccccc12. The van der Waals surface area contributed by atoms with Crippen LogP contribution in [0.1, 0.15) is 11.1 Å². The summed E-state index contributed by atoms with van der Waals surface area (Å²) in [5.74, 6) is 0.333. The number of benzene rings is 2. The summed E-state index contributed by atoms with van der Waals surface area (Å²) in [7, 11) is 0. The number of rotatable bonds is 5. The Balaban J connectivity index is 1.65. The first-order valence-corrected chi connectivity index (χ1v) is 7.54. The molecule has 2 aromatic carbocycles. The van der Waals surface area contributed by atoms with Gasteiger partial charge in [0.25, 0.3) is 5.95 Å². The van der Waals surface area contributed by atoms with Crippen molar-refractivity contribution in [2.45, 2.75) is 6.54 Å². The number of nitrogens with zero attached hydrogens (tertiary/aromatic N) is 5. The predicted molar refractivity (Wildman–Crippen MR) is 92.9 cm³/mol. The lowest BCUT2D eigenvalue weighted by Crippen LogP contribution is -1.97. The Morgan fingerprint density at radius 1 is 1.08 bits per heavy atom. The molecule has 7 heteroatoms. The number of hydrogen-bond acceptors (Lipinski definition) is 5. The van der Waals surface area contributed by atoms with E-state index in [0.717, 1.165) is 17.5 Å². The summed E-state index contributed by atoms with van der Waals surface area (Å²) in [6.07, 6.45) is 3.86. The normalized spacial score (nSPS) is 11.3. The fourth-order valence-electron chi connectivity index (χ4n) is 2.66. The van der Waals surface area contributed by atoms with Gasteiger partial charge >= 0.3 is 0 Å². The van der Waals surface area contributed by atoms with Crippen LogP contribution in [0.5, 0.6) is 0 Å². The number of para-hydroxylation sites is 1. The molecule has 2 heterocycles. The van der Waals surface area contributed by atoms with Crippen LogP contribution in [0.15, 0.2) is 65.9 Å². The van der Waals surface area contributed by atoms with Crippen LogP contribution in [0.2, 0.25) is 0 Å². The summed E-state index contributed by atoms with van der Waals surface area (Å²) in [4.78, 5) is 0. The van der Waals surface area contributed by atoms with E-state index in [2.05, 4.69) is 78.3 Å². The Morgan fingerprint density at radius 3 is 2.75 bits per heavy atom. The second kappa shape index (κ2) is 6.33. The monoisotopic (exact) mass is 317 g/mol. The van der Waals surface area contributed by atoms with E-state index in [0.29, 0.717) is 5.95 Å². The molecule has 0 amide bonds. The van der Waals surface area contributed by atoms with E-state index in [4.69, 9.17) is 0 Å². The Labute approximate surface area is 138 Å². The van der Waals surface area contributed by atoms with E-state index >= 15 is 0 Å². The van der Waals surface area contributed by atoms with Crippen molar-refractivity contribution in [1.82, 2.24) is 25.2 Å². The molecule has 0 aliphatic rings. The van der Waals surface area contributed by atoms with E-state index < -0.39 is 0 Å². The van der Waals surface area contributed by atoms with E-state index in [9.17, 15) is 0 Å². The number of aromatic amines is 1. The van der Waals surface area contributed by atoms with Crippen molar-refractivity contribution in [2.24, 2.45) is 5.10 Å². The quantitative estimate of drug-likeness (QED) is 0.438. The molecule has 0 spiro atoms. The number of fused-ring (bicyclic) bond motifs is 1. The minimum atomic E-state index is 0.333. The molecule has 0 aliphatic heterocycles. The molecule has 0 radical (unpaired) electrons. The zero-order valence-electron chi connectivity index (χ0n) is 12.8. The average Bonchev–Trinajstić information content (AvgIpc) is 3.25. The summed E-state index contributed by atoms with van der Waals surface area (Å²) in [5, 5.41) is 18.8. The number of tetrazole rings is 1. The molecule has 2 aromatic heterocycles. The third-order valence-corrected chi connectivity index (χ3v) is 3.73. The Hall–Kier alpha value is -3.48. The van der Waals surface area contributed by atoms with Gasteiger partial charge in [-0.15, -0.1) is 5.10 Å². The molecule has 2 N–H and O–H groups in total. The van der Waals surface area contributed by atoms with Crippen LogP contribution < -0.4 is 5.43 Å². The van der Waals surface area contributed by atoms with Crippen LogP contribution in [0.4, 0.5) is 5.95 Å². The van der Waals surface area contributed by atoms with E-state index in [1.54, 1.807) is 6.21 Å². The van der Waals surface area contributed by atoms with Gasteiger partial charge in [-0.05, 0) is 16.8 Å². The van der Waals surface area contributed by atoms with Gasteiger partial charge < -0.3 is 4.57 Å². The Bertz CT molecular complexity index is 955. The van der Waals surface area contributed by atoms with Gasteiger partial charge in [0, 0.05) is 29.2 Å². The largest absolute Gasteiger partial charge is 0.342 e. The molecule has 4 rings (SSSR count). The van der Waals surface area contributed by atoms with Gasteiger partial charge in [-0.25, -0.2) is 5.43 Å². The fraction of sp³-hybridized carbons (Fsp3) is 0.0588. The lowest BCUT2D eigenvalue weighted by Gasteiger charge is -2.05. The maximum atomic E-state index is 4.18. The molecule has 4 aromatic rings. The van der Waals surface area contributed by atoms with Gasteiger partial charge in [-0.1, -0.05) is 53.6 Å². The number of nitrogens with one attached hydrogen (secondary N) is 2. The molecule has 0 aliphatic carbocycles. The Kier molecular flexibility index (Phi) is 3.73. The molecule has 118 valence electrons. The summed E-state index contributed by atoms with van der Waals surface area (Å²) < 4.78 is 2.22. The van der Waals surface area contributed by atoms with Gasteiger partial charge in [0.2, 0.25) is 0 Å². The van der Waals surface area contributed by atoms with Gasteiger partial charge in [0.15, 0.2) is 0 Å². The molecular formula is C17H15N7. The molecule has 7 nitrogen and oxygen atoms in total. The molecule has 24 heavy (non-hydrogen) atoms. The highest BCUT2D eigenvalue weighted by atomic mass is 15.5. The van der Waals surface area contributed by atoms with E-state index in [1.165, 1.54) is 11.1 Å². The average molecular weight is 317 g/mol. The molecule has 0 bridgehead atoms. The van der Waals surface area contributed by atoms with Gasteiger partial charge in [-0.3, -0.25) is 0 Å². The summed E-state index contributed by atoms with van der Waals surface area (Å²) in [6.45, 7) is 0.813. The van der Waals surface area contributed by atoms with Gasteiger partial charge in [-0.2, -0.15) is 10.3 Å². The summed E-state index contributed by atoms with van der Waals surface area (Å²) in [6, 6.07) is 18.7. The minimum absolute atomic E-state index is 0.333. The van der Waals surface area contributed by atoms with Crippen LogP contribution in [0.25, 0.3) is 10.9 Å². The topological polar surface area (TPSA) is 83.8 Å². The van der Waals surface area contributed by atoms with Crippen molar-refractivity contribution in [3.63, 3.8) is 0 Å². The summed E-state index contributed by atoms with van der Waals surface area (Å²) >= 11 is 0. The maximum absolute atomic E-state index is 4.18. The zero-order valence-corrected chi connectivity index (χ0v) is 12.8. The van der Waals surface area contributed by atoms with Crippen LogP contribution in [-0.2, 0) is 6.54 Å². The standard InChI is InChI=1S/C17H15N7/c1-2-6-13(7-3-1)11-24-12-14(15-8-4-5-9-16(15)24)10-18-19-17-20-22-23-21-17/h1-10,12H,11H2,(H2,19,20,21,22,23)/b18-10-. The molecule has 0 unspecified atom stereocenters. The number of H-pyrrole nitrogens is 1. The molecular weight excluding hydrogens is 302 g/mol. The van der Waals surface area contributed by atoms with E-state index in [-0.39, 0.29) is 0 Å². The first-order valence-electron chi connectivity index (χ1n) is 7.54. The van der Waals surface area contributed by atoms with E-state index in [1.807, 2.05) is 18.2 Å². The first-order chi connectivity index (χ1) is 11.9. The smallest absolute Gasteiger partial charge is 0.283 e.